The lowest BCUT2D eigenvalue weighted by Gasteiger charge is -2.01. The minimum Gasteiger partial charge on any atom is -0.207 e. The van der Waals surface area contributed by atoms with Crippen molar-refractivity contribution in [3.63, 3.8) is 0 Å². The minimum absolute atomic E-state index is 0.246. The molecule has 0 aliphatic carbocycles. The van der Waals surface area contributed by atoms with Crippen LogP contribution >= 0.6 is 0 Å². The fraction of sp³-hybridized carbons (Fsp3) is 0.267. The molecule has 0 saturated carbocycles. The van der Waals surface area contributed by atoms with Crippen molar-refractivity contribution >= 4 is 0 Å². The lowest BCUT2D eigenvalue weighted by Crippen LogP contribution is -1.90. The predicted octanol–water partition coefficient (Wildman–Crippen LogP) is 7.45. The highest BCUT2D eigenvalue weighted by molar-refractivity contribution is 5.49. The van der Waals surface area contributed by atoms with E-state index >= 15 is 0 Å². The van der Waals surface area contributed by atoms with Crippen LogP contribution < -0.4 is 0 Å². The minimum atomic E-state index is -0.412. The average molecular weight is 427 g/mol. The van der Waals surface area contributed by atoms with Crippen LogP contribution in [0.1, 0.15) is 72.9 Å². The molecule has 0 aliphatic rings. The van der Waals surface area contributed by atoms with Gasteiger partial charge in [0, 0.05) is 16.7 Å². The van der Waals surface area contributed by atoms with Gasteiger partial charge in [-0.25, -0.2) is 8.78 Å². The van der Waals surface area contributed by atoms with E-state index in [0.717, 1.165) is 18.4 Å². The molecular weight excluding hydrogens is 398 g/mol. The molecule has 0 aromatic heterocycles. The number of unbranched alkanes of at least 4 members (excludes halogenated alkanes) is 2. The van der Waals surface area contributed by atoms with Gasteiger partial charge in [0.15, 0.2) is 0 Å². The van der Waals surface area contributed by atoms with Gasteiger partial charge in [0.2, 0.25) is 0 Å². The third kappa shape index (κ3) is 6.83. The van der Waals surface area contributed by atoms with Gasteiger partial charge in [-0.05, 0) is 72.9 Å². The quantitative estimate of drug-likeness (QED) is 0.284. The van der Waals surface area contributed by atoms with E-state index in [1.54, 1.807) is 24.3 Å². The van der Waals surface area contributed by atoms with Crippen molar-refractivity contribution < 1.29 is 8.78 Å². The SMILES string of the molecule is CCCCCc1ccc(C#Cc2ccc(C#Cc3ccc(CCC)c(F)c3)cc2F)cc1. The van der Waals surface area contributed by atoms with Gasteiger partial charge in [0.1, 0.15) is 11.6 Å². The summed E-state index contributed by atoms with van der Waals surface area (Å²) in [5.74, 6) is 11.1. The molecule has 0 aliphatic heterocycles. The van der Waals surface area contributed by atoms with Crippen molar-refractivity contribution in [2.45, 2.75) is 52.4 Å². The maximum absolute atomic E-state index is 14.5. The fourth-order valence-corrected chi connectivity index (χ4v) is 3.41. The Morgan fingerprint density at radius 1 is 0.594 bits per heavy atom. The number of hydrogen-bond acceptors (Lipinski definition) is 0. The van der Waals surface area contributed by atoms with Crippen LogP contribution in [0.15, 0.2) is 60.7 Å². The Hall–Kier alpha value is -3.36. The molecule has 0 amide bonds. The first kappa shape index (κ1) is 23.3. The largest absolute Gasteiger partial charge is 0.207 e. The molecule has 162 valence electrons. The van der Waals surface area contributed by atoms with E-state index < -0.39 is 5.82 Å². The smallest absolute Gasteiger partial charge is 0.140 e. The average Bonchev–Trinajstić information content (AvgIpc) is 2.80. The van der Waals surface area contributed by atoms with Crippen LogP contribution in [-0.2, 0) is 12.8 Å². The summed E-state index contributed by atoms with van der Waals surface area (Å²) in [6.07, 6.45) is 6.32. The molecule has 3 rings (SSSR count). The second kappa shape index (κ2) is 11.9. The molecule has 0 heterocycles. The summed E-state index contributed by atoms with van der Waals surface area (Å²) in [6, 6.07) is 17.9. The van der Waals surface area contributed by atoms with Crippen molar-refractivity contribution in [2.75, 3.05) is 0 Å². The topological polar surface area (TPSA) is 0 Å². The van der Waals surface area contributed by atoms with E-state index in [9.17, 15) is 8.78 Å². The first-order valence-corrected chi connectivity index (χ1v) is 11.3. The highest BCUT2D eigenvalue weighted by Crippen LogP contribution is 2.13. The predicted molar refractivity (Wildman–Crippen MR) is 128 cm³/mol. The van der Waals surface area contributed by atoms with Crippen molar-refractivity contribution in [3.8, 4) is 23.7 Å². The molecular formula is C30H28F2. The molecule has 0 unspecified atom stereocenters. The van der Waals surface area contributed by atoms with Crippen LogP contribution in [-0.4, -0.2) is 0 Å². The van der Waals surface area contributed by atoms with Gasteiger partial charge in [-0.2, -0.15) is 0 Å². The summed E-state index contributed by atoms with van der Waals surface area (Å²) in [5, 5.41) is 0. The molecule has 0 saturated heterocycles. The van der Waals surface area contributed by atoms with Gasteiger partial charge >= 0.3 is 0 Å². The third-order valence-corrected chi connectivity index (χ3v) is 5.26. The number of halogens is 2. The molecule has 0 spiro atoms. The summed E-state index contributed by atoms with van der Waals surface area (Å²) in [7, 11) is 0. The Morgan fingerprint density at radius 3 is 1.84 bits per heavy atom. The monoisotopic (exact) mass is 426 g/mol. The number of rotatable bonds is 6. The van der Waals surface area contributed by atoms with E-state index in [0.29, 0.717) is 28.7 Å². The third-order valence-electron chi connectivity index (χ3n) is 5.26. The maximum Gasteiger partial charge on any atom is 0.140 e. The van der Waals surface area contributed by atoms with Gasteiger partial charge < -0.3 is 0 Å². The molecule has 3 aromatic rings. The summed E-state index contributed by atoms with van der Waals surface area (Å²) in [6.45, 7) is 4.21. The summed E-state index contributed by atoms with van der Waals surface area (Å²) in [5.41, 5.74) is 4.29. The van der Waals surface area contributed by atoms with Crippen LogP contribution in [0.2, 0.25) is 0 Å². The normalized spacial score (nSPS) is 10.1. The molecule has 0 N–H and O–H groups in total. The van der Waals surface area contributed by atoms with Crippen molar-refractivity contribution in [1.82, 2.24) is 0 Å². The first-order chi connectivity index (χ1) is 15.6. The number of benzene rings is 3. The van der Waals surface area contributed by atoms with Crippen LogP contribution in [0, 0.1) is 35.3 Å². The number of aryl methyl sites for hydroxylation is 2. The van der Waals surface area contributed by atoms with E-state index in [-0.39, 0.29) is 5.82 Å². The van der Waals surface area contributed by atoms with Crippen molar-refractivity contribution in [3.05, 3.63) is 106 Å². The van der Waals surface area contributed by atoms with E-state index in [4.69, 9.17) is 0 Å². The molecule has 32 heavy (non-hydrogen) atoms. The van der Waals surface area contributed by atoms with Crippen LogP contribution in [0.5, 0.6) is 0 Å². The molecule has 0 bridgehead atoms. The van der Waals surface area contributed by atoms with Gasteiger partial charge in [-0.15, -0.1) is 0 Å². The Morgan fingerprint density at radius 2 is 1.22 bits per heavy atom. The Kier molecular flexibility index (Phi) is 8.65. The zero-order valence-corrected chi connectivity index (χ0v) is 18.8. The fourth-order valence-electron chi connectivity index (χ4n) is 3.41. The Bertz CT molecular complexity index is 1170. The highest BCUT2D eigenvalue weighted by atomic mass is 19.1. The summed E-state index contributed by atoms with van der Waals surface area (Å²) >= 11 is 0. The van der Waals surface area contributed by atoms with E-state index in [1.807, 2.05) is 19.1 Å². The maximum atomic E-state index is 14.5. The first-order valence-electron chi connectivity index (χ1n) is 11.3. The van der Waals surface area contributed by atoms with Crippen molar-refractivity contribution in [2.24, 2.45) is 0 Å². The zero-order valence-electron chi connectivity index (χ0n) is 18.8. The zero-order chi connectivity index (χ0) is 22.8. The molecule has 0 radical (unpaired) electrons. The Labute approximate surface area is 190 Å². The molecule has 0 nitrogen and oxygen atoms in total. The lowest BCUT2D eigenvalue weighted by atomic mass is 10.0. The Balaban J connectivity index is 1.68. The summed E-state index contributed by atoms with van der Waals surface area (Å²) < 4.78 is 28.5. The molecule has 3 aromatic carbocycles. The van der Waals surface area contributed by atoms with Gasteiger partial charge in [0.25, 0.3) is 0 Å². The molecule has 0 fully saturated rings. The number of hydrogen-bond donors (Lipinski definition) is 0. The van der Waals surface area contributed by atoms with Gasteiger partial charge in [-0.3, -0.25) is 0 Å². The molecule has 0 atom stereocenters. The lowest BCUT2D eigenvalue weighted by molar-refractivity contribution is 0.607. The van der Waals surface area contributed by atoms with Crippen LogP contribution in [0.4, 0.5) is 8.78 Å². The van der Waals surface area contributed by atoms with Crippen molar-refractivity contribution in [1.29, 1.82) is 0 Å². The molecule has 2 heteroatoms. The van der Waals surface area contributed by atoms with Gasteiger partial charge in [0.05, 0.1) is 5.56 Å². The highest BCUT2D eigenvalue weighted by Gasteiger charge is 2.02. The summed E-state index contributed by atoms with van der Waals surface area (Å²) in [4.78, 5) is 0. The van der Waals surface area contributed by atoms with Crippen LogP contribution in [0.3, 0.4) is 0 Å². The van der Waals surface area contributed by atoms with E-state index in [2.05, 4.69) is 42.7 Å². The second-order valence-corrected chi connectivity index (χ2v) is 7.90. The second-order valence-electron chi connectivity index (χ2n) is 7.90. The van der Waals surface area contributed by atoms with Gasteiger partial charge in [-0.1, -0.05) is 75.0 Å². The standard InChI is InChI=1S/C30H28F2/c1-3-5-6-8-23-9-11-24(12-10-23)15-18-28-20-17-26(22-30(28)32)14-13-25-16-19-27(7-4-2)29(31)21-25/h9-12,16-17,19-22H,3-8H2,1-2H3. The van der Waals surface area contributed by atoms with Crippen LogP contribution in [0.25, 0.3) is 0 Å². The van der Waals surface area contributed by atoms with E-state index in [1.165, 1.54) is 37.0 Å².